The number of thiazole rings is 1. The Morgan fingerprint density at radius 2 is 2.03 bits per heavy atom. The van der Waals surface area contributed by atoms with Gasteiger partial charge in [0.05, 0.1) is 5.69 Å². The zero-order chi connectivity index (χ0) is 21.9. The Labute approximate surface area is 188 Å². The van der Waals surface area contributed by atoms with Gasteiger partial charge in [-0.05, 0) is 43.9 Å². The van der Waals surface area contributed by atoms with Gasteiger partial charge in [-0.1, -0.05) is 39.4 Å². The molecular formula is C19H23BrN4O4S2. The molecule has 0 saturated carbocycles. The van der Waals surface area contributed by atoms with Crippen molar-refractivity contribution >= 4 is 54.2 Å². The largest absolute Gasteiger partial charge is 0.355 e. The second-order valence-electron chi connectivity index (χ2n) is 7.05. The number of anilines is 1. The van der Waals surface area contributed by atoms with E-state index in [0.717, 1.165) is 34.2 Å². The normalized spacial score (nSPS) is 17.5. The molecule has 1 unspecified atom stereocenters. The third-order valence-electron chi connectivity index (χ3n) is 4.69. The summed E-state index contributed by atoms with van der Waals surface area (Å²) in [5.41, 5.74) is 1.06. The first kappa shape index (κ1) is 22.9. The summed E-state index contributed by atoms with van der Waals surface area (Å²) < 4.78 is 29.5. The number of carbonyl (C=O) groups is 2. The zero-order valence-electron chi connectivity index (χ0n) is 16.6. The number of amides is 2. The molecule has 2 amide bonds. The SMILES string of the molecule is CC(=O)Nc1nc(C)c(S(=O)(=O)N(Cc2ccc(Br)cc2)C2CCCCNC2=O)s1. The van der Waals surface area contributed by atoms with Gasteiger partial charge in [0.1, 0.15) is 6.04 Å². The highest BCUT2D eigenvalue weighted by Gasteiger charge is 2.38. The third-order valence-corrected chi connectivity index (χ3v) is 8.73. The summed E-state index contributed by atoms with van der Waals surface area (Å²) in [5.74, 6) is -0.625. The fraction of sp³-hybridized carbons (Fsp3) is 0.421. The number of nitrogens with zero attached hydrogens (tertiary/aromatic N) is 2. The lowest BCUT2D eigenvalue weighted by atomic mass is 10.1. The lowest BCUT2D eigenvalue weighted by Gasteiger charge is -2.28. The molecule has 1 aromatic heterocycles. The summed E-state index contributed by atoms with van der Waals surface area (Å²) in [7, 11) is -4.04. The first-order chi connectivity index (χ1) is 14.2. The third kappa shape index (κ3) is 5.26. The molecule has 2 heterocycles. The molecule has 0 radical (unpaired) electrons. The number of rotatable bonds is 6. The van der Waals surface area contributed by atoms with Gasteiger partial charge in [0.15, 0.2) is 9.34 Å². The number of aryl methyl sites for hydroxylation is 1. The Kier molecular flexibility index (Phi) is 7.27. The minimum atomic E-state index is -4.04. The van der Waals surface area contributed by atoms with Crippen LogP contribution in [0.3, 0.4) is 0 Å². The van der Waals surface area contributed by atoms with Crippen LogP contribution in [0.1, 0.15) is 37.4 Å². The molecule has 11 heteroatoms. The minimum Gasteiger partial charge on any atom is -0.355 e. The number of aromatic nitrogens is 1. The standard InChI is InChI=1S/C19H23BrN4O4S2/c1-12-18(29-19(22-12)23-13(2)25)30(27,28)24(11-14-6-8-15(20)9-7-14)16-5-3-4-10-21-17(16)26/h6-9,16H,3-5,10-11H2,1-2H3,(H,21,26)(H,22,23,25). The molecule has 2 aromatic rings. The number of hydrogen-bond donors (Lipinski definition) is 2. The molecule has 1 aromatic carbocycles. The Morgan fingerprint density at radius 1 is 1.33 bits per heavy atom. The topological polar surface area (TPSA) is 108 Å². The van der Waals surface area contributed by atoms with E-state index in [1.165, 1.54) is 11.2 Å². The molecule has 162 valence electrons. The van der Waals surface area contributed by atoms with E-state index < -0.39 is 16.1 Å². The van der Waals surface area contributed by atoms with Gasteiger partial charge in [-0.3, -0.25) is 9.59 Å². The van der Waals surface area contributed by atoms with Crippen molar-refractivity contribution in [3.63, 3.8) is 0 Å². The van der Waals surface area contributed by atoms with Crippen LogP contribution < -0.4 is 10.6 Å². The smallest absolute Gasteiger partial charge is 0.255 e. The Bertz CT molecular complexity index is 1040. The molecule has 1 fully saturated rings. The van der Waals surface area contributed by atoms with Crippen LogP contribution in [0.15, 0.2) is 32.9 Å². The van der Waals surface area contributed by atoms with Gasteiger partial charge in [-0.15, -0.1) is 0 Å². The van der Waals surface area contributed by atoms with Crippen molar-refractivity contribution in [1.82, 2.24) is 14.6 Å². The Balaban J connectivity index is 2.03. The molecule has 2 N–H and O–H groups in total. The molecule has 0 aliphatic carbocycles. The maximum Gasteiger partial charge on any atom is 0.255 e. The van der Waals surface area contributed by atoms with Gasteiger partial charge in [-0.25, -0.2) is 13.4 Å². The summed E-state index contributed by atoms with van der Waals surface area (Å²) in [6.45, 7) is 3.51. The zero-order valence-corrected chi connectivity index (χ0v) is 19.9. The summed E-state index contributed by atoms with van der Waals surface area (Å²) in [4.78, 5) is 28.2. The van der Waals surface area contributed by atoms with E-state index in [1.54, 1.807) is 6.92 Å². The number of sulfonamides is 1. The quantitative estimate of drug-likeness (QED) is 0.615. The van der Waals surface area contributed by atoms with Gasteiger partial charge in [0, 0.05) is 24.5 Å². The molecule has 1 saturated heterocycles. The van der Waals surface area contributed by atoms with Crippen molar-refractivity contribution in [2.45, 2.75) is 49.9 Å². The lowest BCUT2D eigenvalue weighted by molar-refractivity contribution is -0.124. The second-order valence-corrected chi connectivity index (χ2v) is 11.1. The van der Waals surface area contributed by atoms with Crippen LogP contribution in [0.2, 0.25) is 0 Å². The minimum absolute atomic E-state index is 0.0282. The summed E-state index contributed by atoms with van der Waals surface area (Å²) in [6, 6.07) is 6.50. The van der Waals surface area contributed by atoms with E-state index in [-0.39, 0.29) is 27.7 Å². The number of benzene rings is 1. The summed E-state index contributed by atoms with van der Waals surface area (Å²) in [6.07, 6.45) is 1.99. The van der Waals surface area contributed by atoms with Crippen molar-refractivity contribution < 1.29 is 18.0 Å². The first-order valence-corrected chi connectivity index (χ1v) is 12.5. The molecule has 30 heavy (non-hydrogen) atoms. The van der Waals surface area contributed by atoms with Gasteiger partial charge < -0.3 is 10.6 Å². The molecule has 8 nitrogen and oxygen atoms in total. The van der Waals surface area contributed by atoms with Gasteiger partial charge >= 0.3 is 0 Å². The van der Waals surface area contributed by atoms with Gasteiger partial charge in [0.25, 0.3) is 10.0 Å². The van der Waals surface area contributed by atoms with Gasteiger partial charge in [0.2, 0.25) is 11.8 Å². The maximum absolute atomic E-state index is 13.7. The highest BCUT2D eigenvalue weighted by atomic mass is 79.9. The van der Waals surface area contributed by atoms with Crippen LogP contribution in [-0.4, -0.2) is 42.1 Å². The van der Waals surface area contributed by atoms with E-state index >= 15 is 0 Å². The van der Waals surface area contributed by atoms with Gasteiger partial charge in [-0.2, -0.15) is 4.31 Å². The number of nitrogens with one attached hydrogen (secondary N) is 2. The molecule has 1 aliphatic rings. The predicted octanol–water partition coefficient (Wildman–Crippen LogP) is 3.03. The van der Waals surface area contributed by atoms with Crippen LogP contribution in [-0.2, 0) is 26.2 Å². The van der Waals surface area contributed by atoms with E-state index in [1.807, 2.05) is 24.3 Å². The average Bonchev–Trinajstić information content (AvgIpc) is 2.91. The van der Waals surface area contributed by atoms with E-state index in [9.17, 15) is 18.0 Å². The lowest BCUT2D eigenvalue weighted by Crippen LogP contribution is -2.48. The highest BCUT2D eigenvalue weighted by molar-refractivity contribution is 9.10. The predicted molar refractivity (Wildman–Crippen MR) is 119 cm³/mol. The van der Waals surface area contributed by atoms with E-state index in [0.29, 0.717) is 18.7 Å². The number of halogens is 1. The second kappa shape index (κ2) is 9.54. The number of carbonyl (C=O) groups excluding carboxylic acids is 2. The summed E-state index contributed by atoms with van der Waals surface area (Å²) >= 11 is 4.27. The molecule has 0 spiro atoms. The van der Waals surface area contributed by atoms with E-state index in [4.69, 9.17) is 0 Å². The van der Waals surface area contributed by atoms with Crippen molar-refractivity contribution in [2.24, 2.45) is 0 Å². The Hall–Kier alpha value is -1.82. The van der Waals surface area contributed by atoms with Crippen molar-refractivity contribution in [3.05, 3.63) is 40.0 Å². The van der Waals surface area contributed by atoms with Crippen molar-refractivity contribution in [2.75, 3.05) is 11.9 Å². The Morgan fingerprint density at radius 3 is 2.70 bits per heavy atom. The van der Waals surface area contributed by atoms with Crippen LogP contribution in [0.5, 0.6) is 0 Å². The number of hydrogen-bond acceptors (Lipinski definition) is 6. The average molecular weight is 515 g/mol. The molecule has 1 atom stereocenters. The molecule has 3 rings (SSSR count). The van der Waals surface area contributed by atoms with Crippen molar-refractivity contribution in [3.8, 4) is 0 Å². The van der Waals surface area contributed by atoms with Crippen LogP contribution in [0.4, 0.5) is 5.13 Å². The fourth-order valence-corrected chi connectivity index (χ4v) is 6.71. The van der Waals surface area contributed by atoms with E-state index in [2.05, 4.69) is 31.5 Å². The van der Waals surface area contributed by atoms with Crippen LogP contribution in [0, 0.1) is 6.92 Å². The fourth-order valence-electron chi connectivity index (χ4n) is 3.26. The first-order valence-electron chi connectivity index (χ1n) is 9.47. The molecule has 1 aliphatic heterocycles. The molecule has 0 bridgehead atoms. The van der Waals surface area contributed by atoms with Crippen LogP contribution in [0.25, 0.3) is 0 Å². The summed E-state index contributed by atoms with van der Waals surface area (Å²) in [5, 5.41) is 5.57. The van der Waals surface area contributed by atoms with Crippen molar-refractivity contribution in [1.29, 1.82) is 0 Å². The van der Waals surface area contributed by atoms with Crippen LogP contribution >= 0.6 is 27.3 Å². The maximum atomic E-state index is 13.7. The molecular weight excluding hydrogens is 492 g/mol. The highest BCUT2D eigenvalue weighted by Crippen LogP contribution is 2.33. The monoisotopic (exact) mass is 514 g/mol.